The summed E-state index contributed by atoms with van der Waals surface area (Å²) in [7, 11) is -2.46. The minimum Gasteiger partial charge on any atom is -0.467 e. The minimum absolute atomic E-state index is 0.0798. The van der Waals surface area contributed by atoms with Crippen LogP contribution in [0.15, 0.2) is 23.1 Å². The molecule has 1 atom stereocenters. The van der Waals surface area contributed by atoms with Crippen LogP contribution in [0.3, 0.4) is 0 Å². The molecule has 152 valence electrons. The molecule has 0 aliphatic rings. The first-order valence-corrected chi connectivity index (χ1v) is 11.3. The molecule has 1 N–H and O–H groups in total. The van der Waals surface area contributed by atoms with Gasteiger partial charge in [-0.2, -0.15) is 9.97 Å². The Bertz CT molecular complexity index is 964. The lowest BCUT2D eigenvalue weighted by Gasteiger charge is -2.13. The van der Waals surface area contributed by atoms with Gasteiger partial charge >= 0.3 is 6.01 Å². The predicted molar refractivity (Wildman–Crippen MR) is 111 cm³/mol. The first kappa shape index (κ1) is 22.6. The number of aryl methyl sites for hydroxylation is 2. The molecule has 2 aromatic rings. The van der Waals surface area contributed by atoms with E-state index in [1.807, 2.05) is 22.6 Å². The van der Waals surface area contributed by atoms with Gasteiger partial charge in [0.25, 0.3) is 0 Å². The fourth-order valence-electron chi connectivity index (χ4n) is 2.66. The minimum atomic E-state index is -3.86. The van der Waals surface area contributed by atoms with Gasteiger partial charge in [-0.1, -0.05) is 12.1 Å². The van der Waals surface area contributed by atoms with Crippen LogP contribution in [0.5, 0.6) is 6.01 Å². The van der Waals surface area contributed by atoms with Gasteiger partial charge in [0.2, 0.25) is 0 Å². The number of carbonyl (C=O) groups excluding carboxylic acids is 1. The maximum atomic E-state index is 12.9. The fraction of sp³-hybridized carbons (Fsp3) is 0.444. The molecule has 2 rings (SSSR count). The van der Waals surface area contributed by atoms with Gasteiger partial charge in [-0.3, -0.25) is 4.79 Å². The van der Waals surface area contributed by atoms with Crippen molar-refractivity contribution in [1.82, 2.24) is 15.0 Å². The van der Waals surface area contributed by atoms with E-state index >= 15 is 0 Å². The van der Waals surface area contributed by atoms with E-state index in [4.69, 9.17) is 4.74 Å². The zero-order valence-corrected chi connectivity index (χ0v) is 18.8. The quantitative estimate of drug-likeness (QED) is 0.498. The number of hydrogen-bond donors (Lipinski definition) is 1. The first-order valence-electron chi connectivity index (χ1n) is 8.58. The van der Waals surface area contributed by atoms with Crippen LogP contribution < -0.4 is 4.74 Å². The van der Waals surface area contributed by atoms with Gasteiger partial charge in [-0.25, -0.2) is 13.4 Å². The third-order valence-electron chi connectivity index (χ3n) is 3.85. The number of methoxy groups -OCH3 is 1. The maximum Gasteiger partial charge on any atom is 0.319 e. The second kappa shape index (κ2) is 9.70. The normalized spacial score (nSPS) is 12.6. The second-order valence-electron chi connectivity index (χ2n) is 6.38. The maximum absolute atomic E-state index is 12.9. The number of ketones is 1. The number of Topliss-reactive ketones (excluding diaryl/α,β-unsaturated/α-hetero) is 1. The lowest BCUT2D eigenvalue weighted by Crippen LogP contribution is -2.21. The van der Waals surface area contributed by atoms with Crippen LogP contribution in [0.25, 0.3) is 0 Å². The van der Waals surface area contributed by atoms with Crippen molar-refractivity contribution in [3.63, 3.8) is 0 Å². The molecule has 0 saturated heterocycles. The van der Waals surface area contributed by atoms with E-state index < -0.39 is 27.5 Å². The average Bonchev–Trinajstić information content (AvgIpc) is 2.58. The largest absolute Gasteiger partial charge is 0.467 e. The number of nitrogens with zero attached hydrogens (tertiary/aromatic N) is 3. The van der Waals surface area contributed by atoms with Gasteiger partial charge in [-0.15, -0.1) is 0 Å². The first-order chi connectivity index (χ1) is 13.1. The Hall–Kier alpha value is -1.66. The third-order valence-corrected chi connectivity index (χ3v) is 6.92. The van der Waals surface area contributed by atoms with E-state index in [0.717, 1.165) is 0 Å². The summed E-state index contributed by atoms with van der Waals surface area (Å²) >= 11 is 1.95. The Balaban J connectivity index is 2.24. The third kappa shape index (κ3) is 6.17. The standard InChI is InChI=1S/C18H22IN3O5S/c1-11(23)7-8-13-5-4-6-15(19)17(13)28(25,26)10-14(24)9-16-20-12(2)21-18(22-16)27-3/h4-6,11,23H,7-10H2,1-3H3. The summed E-state index contributed by atoms with van der Waals surface area (Å²) in [6, 6.07) is 5.24. The number of hydrogen-bond acceptors (Lipinski definition) is 8. The van der Waals surface area contributed by atoms with Crippen LogP contribution >= 0.6 is 22.6 Å². The zero-order valence-electron chi connectivity index (χ0n) is 15.8. The van der Waals surface area contributed by atoms with E-state index in [1.54, 1.807) is 32.0 Å². The molecule has 10 heteroatoms. The Morgan fingerprint density at radius 2 is 2.00 bits per heavy atom. The number of aliphatic hydroxyl groups is 1. The Morgan fingerprint density at radius 1 is 1.29 bits per heavy atom. The van der Waals surface area contributed by atoms with Crippen molar-refractivity contribution >= 4 is 38.2 Å². The lowest BCUT2D eigenvalue weighted by atomic mass is 10.1. The summed E-state index contributed by atoms with van der Waals surface area (Å²) in [5.74, 6) is -0.618. The van der Waals surface area contributed by atoms with E-state index in [-0.39, 0.29) is 23.2 Å². The van der Waals surface area contributed by atoms with E-state index in [2.05, 4.69) is 15.0 Å². The lowest BCUT2D eigenvalue weighted by molar-refractivity contribution is -0.116. The highest BCUT2D eigenvalue weighted by molar-refractivity contribution is 14.1. The highest BCUT2D eigenvalue weighted by atomic mass is 127. The van der Waals surface area contributed by atoms with E-state index in [0.29, 0.717) is 27.8 Å². The van der Waals surface area contributed by atoms with E-state index in [1.165, 1.54) is 7.11 Å². The van der Waals surface area contributed by atoms with Gasteiger partial charge in [0, 0.05) is 3.57 Å². The number of aromatic nitrogens is 3. The van der Waals surface area contributed by atoms with Crippen LogP contribution in [0, 0.1) is 10.5 Å². The van der Waals surface area contributed by atoms with E-state index in [9.17, 15) is 18.3 Å². The SMILES string of the molecule is COc1nc(C)nc(CC(=O)CS(=O)(=O)c2c(I)cccc2CCC(C)O)n1. The Labute approximate surface area is 177 Å². The van der Waals surface area contributed by atoms with Crippen molar-refractivity contribution in [2.24, 2.45) is 0 Å². The summed E-state index contributed by atoms with van der Waals surface area (Å²) in [6.07, 6.45) is 0.0598. The van der Waals surface area contributed by atoms with Gasteiger partial charge in [0.1, 0.15) is 17.4 Å². The molecule has 0 saturated carbocycles. The number of rotatable bonds is 9. The summed E-state index contributed by atoms with van der Waals surface area (Å²) in [4.78, 5) is 24.6. The highest BCUT2D eigenvalue weighted by Crippen LogP contribution is 2.25. The molecule has 0 amide bonds. The van der Waals surface area contributed by atoms with Crippen molar-refractivity contribution in [3.05, 3.63) is 39.0 Å². The van der Waals surface area contributed by atoms with Gasteiger partial charge in [-0.05, 0) is 60.9 Å². The molecule has 0 radical (unpaired) electrons. The van der Waals surface area contributed by atoms with Gasteiger partial charge in [0.05, 0.1) is 24.5 Å². The summed E-state index contributed by atoms with van der Waals surface area (Å²) in [6.45, 7) is 3.28. The zero-order chi connectivity index (χ0) is 20.9. The molecule has 1 aromatic carbocycles. The Morgan fingerprint density at radius 3 is 2.64 bits per heavy atom. The van der Waals surface area contributed by atoms with Gasteiger partial charge in [0.15, 0.2) is 15.6 Å². The molecule has 1 unspecified atom stereocenters. The van der Waals surface area contributed by atoms with Crippen LogP contribution in [-0.2, 0) is 27.5 Å². The summed E-state index contributed by atoms with van der Waals surface area (Å²) in [5.41, 5.74) is 0.596. The fourth-order valence-corrected chi connectivity index (χ4v) is 5.82. The number of carbonyl (C=O) groups is 1. The monoisotopic (exact) mass is 519 g/mol. The molecule has 8 nitrogen and oxygen atoms in total. The molecule has 1 heterocycles. The second-order valence-corrected chi connectivity index (χ2v) is 9.46. The number of aliphatic hydroxyl groups excluding tert-OH is 1. The molecule has 0 bridgehead atoms. The molecule has 28 heavy (non-hydrogen) atoms. The number of sulfone groups is 1. The summed E-state index contributed by atoms with van der Waals surface area (Å²) < 4.78 is 31.4. The van der Waals surface area contributed by atoms with Crippen molar-refractivity contribution in [2.45, 2.75) is 44.1 Å². The molecule has 0 aliphatic heterocycles. The van der Waals surface area contributed by atoms with Gasteiger partial charge < -0.3 is 9.84 Å². The predicted octanol–water partition coefficient (Wildman–Crippen LogP) is 1.69. The van der Waals surface area contributed by atoms with Crippen molar-refractivity contribution < 1.29 is 23.1 Å². The highest BCUT2D eigenvalue weighted by Gasteiger charge is 2.25. The van der Waals surface area contributed by atoms with Crippen molar-refractivity contribution in [2.75, 3.05) is 12.9 Å². The topological polar surface area (TPSA) is 119 Å². The number of halogens is 1. The molecule has 1 aromatic heterocycles. The average molecular weight is 519 g/mol. The van der Waals surface area contributed by atoms with Crippen molar-refractivity contribution in [3.8, 4) is 6.01 Å². The van der Waals surface area contributed by atoms with Crippen LogP contribution in [0.4, 0.5) is 0 Å². The molecule has 0 aliphatic carbocycles. The Kier molecular flexibility index (Phi) is 7.84. The smallest absolute Gasteiger partial charge is 0.319 e. The summed E-state index contributed by atoms with van der Waals surface area (Å²) in [5, 5.41) is 9.52. The molecular formula is C18H22IN3O5S. The molecule has 0 fully saturated rings. The van der Waals surface area contributed by atoms with Crippen LogP contribution in [-0.4, -0.2) is 53.2 Å². The number of ether oxygens (including phenoxy) is 1. The van der Waals surface area contributed by atoms with Crippen molar-refractivity contribution in [1.29, 1.82) is 0 Å². The van der Waals surface area contributed by atoms with Crippen LogP contribution in [0.2, 0.25) is 0 Å². The van der Waals surface area contributed by atoms with Crippen LogP contribution in [0.1, 0.15) is 30.6 Å². The molecule has 0 spiro atoms. The number of benzene rings is 1. The molecular weight excluding hydrogens is 497 g/mol.